The third-order valence-electron chi connectivity index (χ3n) is 2.74. The number of nitrogens with zero attached hydrogens (tertiary/aromatic N) is 2. The Morgan fingerprint density at radius 1 is 1.25 bits per heavy atom. The lowest BCUT2D eigenvalue weighted by Crippen LogP contribution is -2.24. The number of rotatable bonds is 4. The highest BCUT2D eigenvalue weighted by Gasteiger charge is 2.05. The molecular formula is C14H10N3O2S-. The van der Waals surface area contributed by atoms with Gasteiger partial charge in [0.25, 0.3) is 0 Å². The van der Waals surface area contributed by atoms with Crippen LogP contribution in [0.5, 0.6) is 0 Å². The highest BCUT2D eigenvalue weighted by molar-refractivity contribution is 7.99. The molecule has 0 radical (unpaired) electrons. The molecule has 2 heterocycles. The number of fused-ring (bicyclic) bond motifs is 1. The van der Waals surface area contributed by atoms with E-state index in [1.165, 1.54) is 0 Å². The molecule has 3 rings (SSSR count). The van der Waals surface area contributed by atoms with Crippen molar-refractivity contribution in [1.82, 2.24) is 15.0 Å². The standard InChI is InChI=1S/C14H11N3O2S/c18-13(19)8-20-12-6-5-9(7-15-12)14-16-10-3-1-2-4-11(10)17-14/h1-7H,8H2,(H,16,17)(H,18,19)/p-1. The Kier molecular flexibility index (Phi) is 3.39. The Labute approximate surface area is 119 Å². The molecule has 0 fully saturated rings. The summed E-state index contributed by atoms with van der Waals surface area (Å²) in [6, 6.07) is 11.4. The maximum Gasteiger partial charge on any atom is 0.140 e. The molecule has 2 aromatic heterocycles. The number of aliphatic carboxylic acids is 1. The summed E-state index contributed by atoms with van der Waals surface area (Å²) in [5, 5.41) is 11.0. The number of H-pyrrole nitrogens is 1. The van der Waals surface area contributed by atoms with Crippen molar-refractivity contribution in [2.45, 2.75) is 5.03 Å². The number of carbonyl (C=O) groups is 1. The minimum absolute atomic E-state index is 0.100. The molecule has 0 saturated heterocycles. The van der Waals surface area contributed by atoms with Crippen LogP contribution in [0.25, 0.3) is 22.4 Å². The summed E-state index contributed by atoms with van der Waals surface area (Å²) in [6.45, 7) is 0. The molecule has 0 saturated carbocycles. The van der Waals surface area contributed by atoms with Gasteiger partial charge in [0.1, 0.15) is 5.82 Å². The minimum Gasteiger partial charge on any atom is -0.549 e. The van der Waals surface area contributed by atoms with Crippen molar-refractivity contribution in [2.75, 3.05) is 5.75 Å². The summed E-state index contributed by atoms with van der Waals surface area (Å²) in [7, 11) is 0. The predicted molar refractivity (Wildman–Crippen MR) is 75.1 cm³/mol. The molecule has 1 aromatic carbocycles. The largest absolute Gasteiger partial charge is 0.549 e. The third kappa shape index (κ3) is 2.65. The average Bonchev–Trinajstić information content (AvgIpc) is 2.89. The van der Waals surface area contributed by atoms with E-state index in [-0.39, 0.29) is 5.75 Å². The fraction of sp³-hybridized carbons (Fsp3) is 0.0714. The molecule has 0 aliphatic heterocycles. The lowest BCUT2D eigenvalue weighted by molar-refractivity contribution is -0.301. The van der Waals surface area contributed by atoms with Gasteiger partial charge in [-0.3, -0.25) is 0 Å². The molecule has 0 aliphatic rings. The summed E-state index contributed by atoms with van der Waals surface area (Å²) in [4.78, 5) is 22.3. The van der Waals surface area contributed by atoms with Crippen LogP contribution >= 0.6 is 11.8 Å². The van der Waals surface area contributed by atoms with E-state index < -0.39 is 5.97 Å². The summed E-state index contributed by atoms with van der Waals surface area (Å²) < 4.78 is 0. The van der Waals surface area contributed by atoms with Crippen LogP contribution in [0, 0.1) is 0 Å². The van der Waals surface area contributed by atoms with Gasteiger partial charge in [-0.05, 0) is 24.3 Å². The Morgan fingerprint density at radius 2 is 2.10 bits per heavy atom. The highest BCUT2D eigenvalue weighted by Crippen LogP contribution is 2.22. The summed E-state index contributed by atoms with van der Waals surface area (Å²) >= 11 is 1.13. The van der Waals surface area contributed by atoms with Crippen LogP contribution in [-0.2, 0) is 4.79 Å². The zero-order chi connectivity index (χ0) is 13.9. The lowest BCUT2D eigenvalue weighted by Gasteiger charge is -2.02. The van der Waals surface area contributed by atoms with Crippen molar-refractivity contribution >= 4 is 28.8 Å². The van der Waals surface area contributed by atoms with E-state index in [1.807, 2.05) is 30.3 Å². The fourth-order valence-electron chi connectivity index (χ4n) is 1.83. The van der Waals surface area contributed by atoms with Crippen LogP contribution in [0.15, 0.2) is 47.6 Å². The SMILES string of the molecule is O=C([O-])CSc1ccc(-c2nc3ccccc3[nH]2)cn1. The van der Waals surface area contributed by atoms with Gasteiger partial charge in [-0.25, -0.2) is 9.97 Å². The topological polar surface area (TPSA) is 81.7 Å². The maximum atomic E-state index is 10.4. The first-order valence-electron chi connectivity index (χ1n) is 5.96. The molecule has 6 heteroatoms. The number of aromatic nitrogens is 3. The number of imidazole rings is 1. The van der Waals surface area contributed by atoms with Crippen molar-refractivity contribution in [3.63, 3.8) is 0 Å². The second kappa shape index (κ2) is 5.34. The normalized spacial score (nSPS) is 10.8. The van der Waals surface area contributed by atoms with Crippen LogP contribution in [0.1, 0.15) is 0 Å². The number of aromatic amines is 1. The van der Waals surface area contributed by atoms with Gasteiger partial charge >= 0.3 is 0 Å². The molecule has 0 atom stereocenters. The number of carboxylic acid groups (broad SMARTS) is 1. The van der Waals surface area contributed by atoms with Crippen molar-refractivity contribution in [3.8, 4) is 11.4 Å². The number of hydrogen-bond acceptors (Lipinski definition) is 5. The molecular weight excluding hydrogens is 274 g/mol. The number of thioether (sulfide) groups is 1. The second-order valence-corrected chi connectivity index (χ2v) is 5.14. The van der Waals surface area contributed by atoms with E-state index in [0.29, 0.717) is 5.03 Å². The zero-order valence-electron chi connectivity index (χ0n) is 10.4. The third-order valence-corrected chi connectivity index (χ3v) is 3.65. The van der Waals surface area contributed by atoms with Gasteiger partial charge in [0.05, 0.1) is 22.0 Å². The first-order chi connectivity index (χ1) is 9.72. The van der Waals surface area contributed by atoms with Gasteiger partial charge in [-0.15, -0.1) is 11.8 Å². The predicted octanol–water partition coefficient (Wildman–Crippen LogP) is 1.47. The molecule has 100 valence electrons. The molecule has 0 aliphatic carbocycles. The van der Waals surface area contributed by atoms with Crippen LogP contribution in [0.3, 0.4) is 0 Å². The molecule has 0 bridgehead atoms. The minimum atomic E-state index is -1.10. The van der Waals surface area contributed by atoms with Crippen molar-refractivity contribution in [1.29, 1.82) is 0 Å². The number of para-hydroxylation sites is 2. The number of benzene rings is 1. The highest BCUT2D eigenvalue weighted by atomic mass is 32.2. The van der Waals surface area contributed by atoms with E-state index in [2.05, 4.69) is 15.0 Å². The quantitative estimate of drug-likeness (QED) is 0.734. The van der Waals surface area contributed by atoms with Crippen LogP contribution < -0.4 is 5.11 Å². The summed E-state index contributed by atoms with van der Waals surface area (Å²) in [6.07, 6.45) is 1.68. The monoisotopic (exact) mass is 284 g/mol. The Hall–Kier alpha value is -2.34. The van der Waals surface area contributed by atoms with E-state index in [9.17, 15) is 9.90 Å². The Morgan fingerprint density at radius 3 is 2.80 bits per heavy atom. The van der Waals surface area contributed by atoms with Crippen LogP contribution in [0.2, 0.25) is 0 Å². The average molecular weight is 284 g/mol. The van der Waals surface area contributed by atoms with Gasteiger partial charge in [0.2, 0.25) is 0 Å². The second-order valence-electron chi connectivity index (χ2n) is 4.15. The number of nitrogens with one attached hydrogen (secondary N) is 1. The molecule has 0 amide bonds. The lowest BCUT2D eigenvalue weighted by atomic mass is 10.3. The van der Waals surface area contributed by atoms with Gasteiger partial charge in [-0.2, -0.15) is 0 Å². The molecule has 0 unspecified atom stereocenters. The summed E-state index contributed by atoms with van der Waals surface area (Å²) in [5.41, 5.74) is 2.73. The molecule has 5 nitrogen and oxygen atoms in total. The van der Waals surface area contributed by atoms with Crippen molar-refractivity contribution < 1.29 is 9.90 Å². The number of hydrogen-bond donors (Lipinski definition) is 1. The first kappa shape index (κ1) is 12.7. The van der Waals surface area contributed by atoms with E-state index in [4.69, 9.17) is 0 Å². The Bertz CT molecular complexity index is 719. The summed E-state index contributed by atoms with van der Waals surface area (Å²) in [5.74, 6) is -0.454. The van der Waals surface area contributed by atoms with Crippen molar-refractivity contribution in [2.24, 2.45) is 0 Å². The van der Waals surface area contributed by atoms with Gasteiger partial charge in [0, 0.05) is 17.5 Å². The Balaban J connectivity index is 1.85. The molecule has 20 heavy (non-hydrogen) atoms. The van der Waals surface area contributed by atoms with Gasteiger partial charge < -0.3 is 14.9 Å². The zero-order valence-corrected chi connectivity index (χ0v) is 11.2. The van der Waals surface area contributed by atoms with E-state index >= 15 is 0 Å². The van der Waals surface area contributed by atoms with Gasteiger partial charge in [-0.1, -0.05) is 12.1 Å². The first-order valence-corrected chi connectivity index (χ1v) is 6.95. The number of carbonyl (C=O) groups excluding carboxylic acids is 1. The number of carboxylic acids is 1. The molecule has 3 aromatic rings. The fourth-order valence-corrected chi connectivity index (χ4v) is 2.39. The van der Waals surface area contributed by atoms with Gasteiger partial charge in [0.15, 0.2) is 0 Å². The van der Waals surface area contributed by atoms with Crippen LogP contribution in [-0.4, -0.2) is 26.7 Å². The maximum absolute atomic E-state index is 10.4. The smallest absolute Gasteiger partial charge is 0.140 e. The molecule has 1 N–H and O–H groups in total. The van der Waals surface area contributed by atoms with E-state index in [0.717, 1.165) is 34.2 Å². The number of pyridine rings is 1. The van der Waals surface area contributed by atoms with Crippen LogP contribution in [0.4, 0.5) is 0 Å². The van der Waals surface area contributed by atoms with Crippen molar-refractivity contribution in [3.05, 3.63) is 42.6 Å². The molecule has 0 spiro atoms. The van der Waals surface area contributed by atoms with E-state index in [1.54, 1.807) is 12.3 Å².